The fourth-order valence-corrected chi connectivity index (χ4v) is 1.37. The molecule has 0 aliphatic carbocycles. The van der Waals surface area contributed by atoms with Crippen LogP contribution in [0.25, 0.3) is 0 Å². The number of primary amides is 1. The molecule has 0 heterocycles. The van der Waals surface area contributed by atoms with Crippen LogP contribution in [0.2, 0.25) is 0 Å². The van der Waals surface area contributed by atoms with E-state index in [4.69, 9.17) is 17.3 Å². The Hall–Kier alpha value is -2.81. The molecule has 1 rings (SSSR count). The third kappa shape index (κ3) is 3.85. The predicted octanol–water partition coefficient (Wildman–Crippen LogP) is -0.00820. The summed E-state index contributed by atoms with van der Waals surface area (Å²) in [5, 5.41) is 11.1. The van der Waals surface area contributed by atoms with E-state index < -0.39 is 23.8 Å². The van der Waals surface area contributed by atoms with E-state index in [0.29, 0.717) is 0 Å². The molecule has 1 aromatic rings. The Morgan fingerprint density at radius 3 is 2.53 bits per heavy atom. The lowest BCUT2D eigenvalue weighted by molar-refractivity contribution is -0.139. The van der Waals surface area contributed by atoms with Crippen molar-refractivity contribution in [2.24, 2.45) is 5.73 Å². The van der Waals surface area contributed by atoms with Crippen LogP contribution >= 0.6 is 0 Å². The Kier molecular flexibility index (Phi) is 4.66. The zero-order valence-corrected chi connectivity index (χ0v) is 9.92. The van der Waals surface area contributed by atoms with E-state index in [0.717, 1.165) is 0 Å². The summed E-state index contributed by atoms with van der Waals surface area (Å²) in [6.07, 6.45) is 4.89. The second-order valence-corrected chi connectivity index (χ2v) is 3.72. The van der Waals surface area contributed by atoms with Gasteiger partial charge in [-0.15, -0.1) is 12.3 Å². The summed E-state index contributed by atoms with van der Waals surface area (Å²) in [6.45, 7) is 0. The molecule has 0 spiro atoms. The highest BCUT2D eigenvalue weighted by Crippen LogP contribution is 2.05. The first-order chi connectivity index (χ1) is 8.95. The van der Waals surface area contributed by atoms with Gasteiger partial charge in [-0.25, -0.2) is 4.79 Å². The Morgan fingerprint density at radius 2 is 2.00 bits per heavy atom. The number of carbonyl (C=O) groups excluding carboxylic acids is 2. The summed E-state index contributed by atoms with van der Waals surface area (Å²) in [4.78, 5) is 33.6. The number of terminal acetylenes is 1. The first-order valence-electron chi connectivity index (χ1n) is 5.32. The molecule has 0 bridgehead atoms. The molecule has 1 aromatic carbocycles. The van der Waals surface area contributed by atoms with Gasteiger partial charge in [0.1, 0.15) is 6.04 Å². The van der Waals surface area contributed by atoms with Gasteiger partial charge in [0, 0.05) is 17.5 Å². The van der Waals surface area contributed by atoms with E-state index in [-0.39, 0.29) is 17.5 Å². The molecule has 4 N–H and O–H groups in total. The van der Waals surface area contributed by atoms with Gasteiger partial charge in [0.2, 0.25) is 5.91 Å². The number of amides is 2. The van der Waals surface area contributed by atoms with Gasteiger partial charge in [-0.3, -0.25) is 9.59 Å². The molecule has 19 heavy (non-hydrogen) atoms. The molecule has 1 unspecified atom stereocenters. The molecule has 0 aromatic heterocycles. The zero-order chi connectivity index (χ0) is 14.4. The standard InChI is InChI=1S/C13H12N2O4/c1-2-4-10(13(18)19)15-12(17)9-6-3-5-8(7-9)11(14)16/h1,3,5-7,10H,4H2,(H2,14,16)(H,15,17)(H,18,19). The van der Waals surface area contributed by atoms with E-state index in [1.165, 1.54) is 24.3 Å². The molecule has 0 saturated heterocycles. The molecule has 1 atom stereocenters. The molecule has 2 amide bonds. The van der Waals surface area contributed by atoms with Crippen molar-refractivity contribution < 1.29 is 19.5 Å². The number of nitrogens with one attached hydrogen (secondary N) is 1. The molecule has 98 valence electrons. The minimum absolute atomic E-state index is 0.128. The number of rotatable bonds is 5. The van der Waals surface area contributed by atoms with Gasteiger partial charge in [0.05, 0.1) is 0 Å². The van der Waals surface area contributed by atoms with Crippen molar-refractivity contribution in [1.82, 2.24) is 5.32 Å². The average molecular weight is 260 g/mol. The molecule has 6 heteroatoms. The van der Waals surface area contributed by atoms with Crippen molar-refractivity contribution in [3.63, 3.8) is 0 Å². The Bertz CT molecular complexity index is 560. The van der Waals surface area contributed by atoms with Gasteiger partial charge in [0.15, 0.2) is 0 Å². The molecular formula is C13H12N2O4. The summed E-state index contributed by atoms with van der Waals surface area (Å²) in [7, 11) is 0. The maximum Gasteiger partial charge on any atom is 0.327 e. The fraction of sp³-hybridized carbons (Fsp3) is 0.154. The van der Waals surface area contributed by atoms with Crippen LogP contribution < -0.4 is 11.1 Å². The van der Waals surface area contributed by atoms with Gasteiger partial charge in [-0.05, 0) is 18.2 Å². The van der Waals surface area contributed by atoms with Crippen molar-refractivity contribution in [3.05, 3.63) is 35.4 Å². The quantitative estimate of drug-likeness (QED) is 0.647. The molecule has 0 aliphatic rings. The largest absolute Gasteiger partial charge is 0.480 e. The van der Waals surface area contributed by atoms with Gasteiger partial charge in [-0.2, -0.15) is 0 Å². The van der Waals surface area contributed by atoms with Crippen LogP contribution in [0.1, 0.15) is 27.1 Å². The third-order valence-electron chi connectivity index (χ3n) is 2.33. The molecule has 0 fully saturated rings. The van der Waals surface area contributed by atoms with Crippen LogP contribution in [0.15, 0.2) is 24.3 Å². The Morgan fingerprint density at radius 1 is 1.37 bits per heavy atom. The van der Waals surface area contributed by atoms with Crippen molar-refractivity contribution in [3.8, 4) is 12.3 Å². The molecule has 0 aliphatic heterocycles. The zero-order valence-electron chi connectivity index (χ0n) is 9.92. The van der Waals surface area contributed by atoms with Gasteiger partial charge in [-0.1, -0.05) is 6.07 Å². The number of carbonyl (C=O) groups is 3. The highest BCUT2D eigenvalue weighted by molar-refractivity contribution is 6.00. The number of aliphatic carboxylic acids is 1. The Labute approximate surface area is 109 Å². The number of carboxylic acids is 1. The van der Waals surface area contributed by atoms with Gasteiger partial charge >= 0.3 is 5.97 Å². The summed E-state index contributed by atoms with van der Waals surface area (Å²) < 4.78 is 0. The number of nitrogens with two attached hydrogens (primary N) is 1. The van der Waals surface area contributed by atoms with E-state index >= 15 is 0 Å². The monoisotopic (exact) mass is 260 g/mol. The Balaban J connectivity index is 2.89. The van der Waals surface area contributed by atoms with Gasteiger partial charge < -0.3 is 16.2 Å². The number of benzene rings is 1. The smallest absolute Gasteiger partial charge is 0.327 e. The SMILES string of the molecule is C#CCC(NC(=O)c1cccc(C(N)=O)c1)C(=O)O. The van der Waals surface area contributed by atoms with Crippen molar-refractivity contribution in [2.75, 3.05) is 0 Å². The number of hydrogen-bond acceptors (Lipinski definition) is 3. The summed E-state index contributed by atoms with van der Waals surface area (Å²) in [6, 6.07) is 4.49. The van der Waals surface area contributed by atoms with Crippen LogP contribution in [0.5, 0.6) is 0 Å². The van der Waals surface area contributed by atoms with Crippen molar-refractivity contribution in [2.45, 2.75) is 12.5 Å². The van der Waals surface area contributed by atoms with E-state index in [9.17, 15) is 14.4 Å². The third-order valence-corrected chi connectivity index (χ3v) is 2.33. The van der Waals surface area contributed by atoms with Crippen LogP contribution in [0.3, 0.4) is 0 Å². The fourth-order valence-electron chi connectivity index (χ4n) is 1.37. The summed E-state index contributed by atoms with van der Waals surface area (Å²) in [5.41, 5.74) is 5.39. The minimum atomic E-state index is -1.22. The summed E-state index contributed by atoms with van der Waals surface area (Å²) in [5.74, 6) is -0.365. The normalized spacial score (nSPS) is 11.1. The first-order valence-corrected chi connectivity index (χ1v) is 5.32. The highest BCUT2D eigenvalue weighted by atomic mass is 16.4. The maximum absolute atomic E-state index is 11.8. The van der Waals surface area contributed by atoms with E-state index in [1.807, 2.05) is 0 Å². The van der Waals surface area contributed by atoms with E-state index in [2.05, 4.69) is 11.2 Å². The average Bonchev–Trinajstić information content (AvgIpc) is 2.38. The lowest BCUT2D eigenvalue weighted by Gasteiger charge is -2.12. The minimum Gasteiger partial charge on any atom is -0.480 e. The first kappa shape index (κ1) is 14.3. The van der Waals surface area contributed by atoms with Crippen molar-refractivity contribution in [1.29, 1.82) is 0 Å². The van der Waals surface area contributed by atoms with Crippen LogP contribution in [-0.2, 0) is 4.79 Å². The van der Waals surface area contributed by atoms with Crippen LogP contribution in [-0.4, -0.2) is 28.9 Å². The second-order valence-electron chi connectivity index (χ2n) is 3.72. The van der Waals surface area contributed by atoms with Crippen molar-refractivity contribution >= 4 is 17.8 Å². The van der Waals surface area contributed by atoms with E-state index in [1.54, 1.807) is 0 Å². The number of carboxylic acid groups (broad SMARTS) is 1. The lowest BCUT2D eigenvalue weighted by Crippen LogP contribution is -2.40. The predicted molar refractivity (Wildman–Crippen MR) is 67.3 cm³/mol. The summed E-state index contributed by atoms with van der Waals surface area (Å²) >= 11 is 0. The molecular weight excluding hydrogens is 248 g/mol. The van der Waals surface area contributed by atoms with Gasteiger partial charge in [0.25, 0.3) is 5.91 Å². The molecule has 6 nitrogen and oxygen atoms in total. The highest BCUT2D eigenvalue weighted by Gasteiger charge is 2.19. The second kappa shape index (κ2) is 6.21. The van der Waals surface area contributed by atoms with Crippen LogP contribution in [0.4, 0.5) is 0 Å². The number of hydrogen-bond donors (Lipinski definition) is 3. The topological polar surface area (TPSA) is 109 Å². The van der Waals surface area contributed by atoms with Crippen LogP contribution in [0, 0.1) is 12.3 Å². The molecule has 0 saturated carbocycles. The lowest BCUT2D eigenvalue weighted by atomic mass is 10.1. The maximum atomic E-state index is 11.8. The molecule has 0 radical (unpaired) electrons.